The summed E-state index contributed by atoms with van der Waals surface area (Å²) in [6.07, 6.45) is 2.32. The zero-order valence-corrected chi connectivity index (χ0v) is 51.8. The molecule has 89 heavy (non-hydrogen) atoms. The summed E-state index contributed by atoms with van der Waals surface area (Å²) in [5.74, 6) is 0.0576. The van der Waals surface area contributed by atoms with Crippen molar-refractivity contribution in [2.45, 2.75) is 112 Å². The van der Waals surface area contributed by atoms with Gasteiger partial charge in [0.1, 0.15) is 11.6 Å². The molecular formula is C71H79FN6O9S2. The second kappa shape index (κ2) is 31.6. The van der Waals surface area contributed by atoms with Crippen LogP contribution in [0, 0.1) is 5.82 Å². The molecule has 15 nitrogen and oxygen atoms in total. The van der Waals surface area contributed by atoms with Gasteiger partial charge in [-0.25, -0.2) is 30.8 Å². The van der Waals surface area contributed by atoms with Crippen molar-refractivity contribution in [1.82, 2.24) is 19.6 Å². The van der Waals surface area contributed by atoms with Crippen LogP contribution in [-0.4, -0.2) is 116 Å². The summed E-state index contributed by atoms with van der Waals surface area (Å²) in [6, 6.07) is 68.9. The maximum atomic E-state index is 14.2. The standard InChI is InChI=1S/C36H41N3O5S.C35H38FN3O4S/c1-44-34-19-21-35(22-20-34)45(42,43)39(31-16-9-4-10-17-31)33-23-25-38(36(40)41)32(26-33)18-11-24-37(27-29-12-5-2-6-13-29)28-30-14-7-3-8-15-30;36-30-18-20-34(21-19-30)44(42,43)39(31-15-8-3-9-16-31)33-22-24-38(35(40)41)32(25-33)17-10-23-37(26-28-11-4-1-5-12-28)27-29-13-6-2-7-14-29/h2-10,12-17,19-22,32-33H,11,18,23-28H2,1H3,(H,40,41);1-9,11-16,18-21,32-33H,10,17,22-27H2,(H,40,41)/t2*32?,33-/m00/s1. The van der Waals surface area contributed by atoms with E-state index in [0.29, 0.717) is 55.6 Å². The smallest absolute Gasteiger partial charge is 0.407 e. The minimum Gasteiger partial charge on any atom is -0.497 e. The average molecular weight is 1240 g/mol. The van der Waals surface area contributed by atoms with Gasteiger partial charge in [0.2, 0.25) is 0 Å². The SMILES string of the molecule is COc1ccc(S(=O)(=O)N(c2ccccc2)[C@H]2CCN(C(=O)O)C(CCCN(Cc3ccccc3)Cc3ccccc3)C2)cc1.O=C(O)N1CC[C@H](N(c2ccccc2)S(=O)(=O)c2ccc(F)cc2)CC1CCCN(Cc1ccccc1)Cc1ccccc1. The van der Waals surface area contributed by atoms with Crippen LogP contribution in [0.1, 0.15) is 73.6 Å². The molecule has 2 aliphatic heterocycles. The summed E-state index contributed by atoms with van der Waals surface area (Å²) in [5, 5.41) is 20.2. The van der Waals surface area contributed by atoms with Gasteiger partial charge in [0.25, 0.3) is 20.0 Å². The monoisotopic (exact) mass is 1240 g/mol. The summed E-state index contributed by atoms with van der Waals surface area (Å²) in [5.41, 5.74) is 5.93. The number of nitrogens with zero attached hydrogens (tertiary/aromatic N) is 6. The van der Waals surface area contributed by atoms with Gasteiger partial charge in [0, 0.05) is 63.4 Å². The van der Waals surface area contributed by atoms with Crippen molar-refractivity contribution in [1.29, 1.82) is 0 Å². The summed E-state index contributed by atoms with van der Waals surface area (Å²) in [6.45, 7) is 5.14. The van der Waals surface area contributed by atoms with E-state index in [4.69, 9.17) is 4.74 Å². The van der Waals surface area contributed by atoms with Gasteiger partial charge < -0.3 is 24.7 Å². The second-order valence-electron chi connectivity index (χ2n) is 22.7. The lowest BCUT2D eigenvalue weighted by molar-refractivity contribution is 0.0948. The molecule has 2 amide bonds. The normalized spacial score (nSPS) is 16.9. The number of ether oxygens (including phenoxy) is 1. The Hall–Kier alpha value is -8.55. The summed E-state index contributed by atoms with van der Waals surface area (Å²) in [7, 11) is -6.44. The van der Waals surface area contributed by atoms with Crippen LogP contribution in [-0.2, 0) is 46.2 Å². The number of para-hydroxylation sites is 2. The van der Waals surface area contributed by atoms with Crippen LogP contribution < -0.4 is 13.3 Å². The zero-order chi connectivity index (χ0) is 62.6. The van der Waals surface area contributed by atoms with Gasteiger partial charge in [-0.05, 0) is 160 Å². The van der Waals surface area contributed by atoms with Crippen LogP contribution >= 0.6 is 0 Å². The first kappa shape index (κ1) is 64.9. The van der Waals surface area contributed by atoms with Crippen LogP contribution in [0.25, 0.3) is 0 Å². The fourth-order valence-electron chi connectivity index (χ4n) is 12.3. The first-order valence-electron chi connectivity index (χ1n) is 30.3. The van der Waals surface area contributed by atoms with Crippen LogP contribution in [0.2, 0.25) is 0 Å². The van der Waals surface area contributed by atoms with E-state index in [1.807, 2.05) is 97.1 Å². The van der Waals surface area contributed by atoms with Gasteiger partial charge in [-0.2, -0.15) is 0 Å². The van der Waals surface area contributed by atoms with Gasteiger partial charge in [0.15, 0.2) is 0 Å². The fraction of sp³-hybridized carbons (Fsp3) is 0.296. The first-order valence-corrected chi connectivity index (χ1v) is 33.2. The summed E-state index contributed by atoms with van der Waals surface area (Å²) in [4.78, 5) is 32.5. The molecule has 0 bridgehead atoms. The molecule has 8 aromatic carbocycles. The maximum Gasteiger partial charge on any atom is 0.407 e. The lowest BCUT2D eigenvalue weighted by Gasteiger charge is -2.43. The molecule has 0 aliphatic carbocycles. The number of likely N-dealkylation sites (tertiary alicyclic amines) is 2. The van der Waals surface area contributed by atoms with E-state index in [9.17, 15) is 41.0 Å². The molecule has 10 rings (SSSR count). The quantitative estimate of drug-likeness (QED) is 0.0558. The number of benzene rings is 8. The zero-order valence-electron chi connectivity index (χ0n) is 50.2. The number of halogens is 1. The molecule has 4 atom stereocenters. The molecule has 2 N–H and O–H groups in total. The van der Waals surface area contributed by atoms with E-state index in [-0.39, 0.29) is 35.0 Å². The third-order valence-corrected chi connectivity index (χ3v) is 20.3. The van der Waals surface area contributed by atoms with Crippen LogP contribution in [0.15, 0.2) is 240 Å². The van der Waals surface area contributed by atoms with Gasteiger partial charge >= 0.3 is 12.2 Å². The van der Waals surface area contributed by atoms with E-state index in [0.717, 1.165) is 64.2 Å². The highest BCUT2D eigenvalue weighted by atomic mass is 32.2. The summed E-state index contributed by atoms with van der Waals surface area (Å²) < 4.78 is 78.1. The van der Waals surface area contributed by atoms with Crippen LogP contribution in [0.3, 0.4) is 0 Å². The number of amides is 2. The third-order valence-electron chi connectivity index (χ3n) is 16.6. The number of rotatable bonds is 25. The number of piperidine rings is 2. The molecule has 2 aliphatic rings. The second-order valence-corrected chi connectivity index (χ2v) is 26.3. The van der Waals surface area contributed by atoms with E-state index in [1.54, 1.807) is 67.8 Å². The Balaban J connectivity index is 0.000000211. The molecule has 0 aromatic heterocycles. The van der Waals surface area contributed by atoms with Crippen molar-refractivity contribution in [2.24, 2.45) is 0 Å². The Labute approximate surface area is 523 Å². The van der Waals surface area contributed by atoms with Gasteiger partial charge in [-0.1, -0.05) is 158 Å². The lowest BCUT2D eigenvalue weighted by atomic mass is 9.93. The molecule has 2 heterocycles. The largest absolute Gasteiger partial charge is 0.497 e. The molecule has 2 unspecified atom stereocenters. The Kier molecular flexibility index (Phi) is 23.0. The minimum absolute atomic E-state index is 0.00238. The van der Waals surface area contributed by atoms with E-state index in [1.165, 1.54) is 52.8 Å². The average Bonchev–Trinajstić information content (AvgIpc) is 0.962. The predicted octanol–water partition coefficient (Wildman–Crippen LogP) is 13.9. The highest BCUT2D eigenvalue weighted by Gasteiger charge is 2.41. The number of hydrogen-bond donors (Lipinski definition) is 2. The number of anilines is 2. The maximum absolute atomic E-state index is 14.2. The van der Waals surface area contributed by atoms with Gasteiger partial charge in [-0.3, -0.25) is 18.4 Å². The predicted molar refractivity (Wildman–Crippen MR) is 347 cm³/mol. The van der Waals surface area contributed by atoms with Gasteiger partial charge in [0.05, 0.1) is 28.3 Å². The first-order chi connectivity index (χ1) is 43.2. The summed E-state index contributed by atoms with van der Waals surface area (Å²) >= 11 is 0. The Morgan fingerprint density at radius 2 is 0.764 bits per heavy atom. The molecule has 2 saturated heterocycles. The molecule has 0 saturated carbocycles. The molecule has 2 fully saturated rings. The van der Waals surface area contributed by atoms with Crippen molar-refractivity contribution in [2.75, 3.05) is 41.9 Å². The van der Waals surface area contributed by atoms with Crippen molar-refractivity contribution < 1.29 is 45.8 Å². The highest BCUT2D eigenvalue weighted by molar-refractivity contribution is 7.93. The number of sulfonamides is 2. The molecule has 8 aromatic rings. The number of carbonyl (C=O) groups is 2. The van der Waals surface area contributed by atoms with Crippen molar-refractivity contribution in [3.63, 3.8) is 0 Å². The van der Waals surface area contributed by atoms with Gasteiger partial charge in [-0.15, -0.1) is 0 Å². The van der Waals surface area contributed by atoms with Crippen molar-refractivity contribution >= 4 is 43.6 Å². The number of hydrogen-bond acceptors (Lipinski definition) is 9. The van der Waals surface area contributed by atoms with E-state index in [2.05, 4.69) is 58.3 Å². The fourth-order valence-corrected chi connectivity index (χ4v) is 15.6. The number of methoxy groups -OCH3 is 1. The van der Waals surface area contributed by atoms with E-state index >= 15 is 0 Å². The highest BCUT2D eigenvalue weighted by Crippen LogP contribution is 2.36. The van der Waals surface area contributed by atoms with Crippen LogP contribution in [0.4, 0.5) is 25.4 Å². The Bertz CT molecular complexity index is 3600. The third kappa shape index (κ3) is 17.8. The number of carboxylic acid groups (broad SMARTS) is 2. The molecule has 0 radical (unpaired) electrons. The van der Waals surface area contributed by atoms with Crippen molar-refractivity contribution in [3.8, 4) is 5.75 Å². The molecule has 18 heteroatoms. The molecule has 0 spiro atoms. The van der Waals surface area contributed by atoms with Crippen LogP contribution in [0.5, 0.6) is 5.75 Å². The lowest BCUT2D eigenvalue weighted by Crippen LogP contribution is -2.53. The topological polar surface area (TPSA) is 172 Å². The molecule has 466 valence electrons. The minimum atomic E-state index is -4.04. The van der Waals surface area contributed by atoms with E-state index < -0.39 is 50.1 Å². The van der Waals surface area contributed by atoms with Crippen molar-refractivity contribution in [3.05, 3.63) is 259 Å². The Morgan fingerprint density at radius 1 is 0.461 bits per heavy atom. The molecular weight excluding hydrogens is 1160 g/mol. The Morgan fingerprint density at radius 3 is 1.07 bits per heavy atom.